The minimum Gasteiger partial charge on any atom is -0.383 e. The van der Waals surface area contributed by atoms with Crippen LogP contribution in [0.15, 0.2) is 29.2 Å². The molecule has 126 valence electrons. The smallest absolute Gasteiger partial charge is 0.250 e. The topological polar surface area (TPSA) is 82.4 Å². The highest BCUT2D eigenvalue weighted by Crippen LogP contribution is 2.17. The molecule has 0 bridgehead atoms. The van der Waals surface area contributed by atoms with Gasteiger partial charge in [-0.25, -0.2) is 13.1 Å². The molecular formula is C16H23N3O3S. The van der Waals surface area contributed by atoms with E-state index in [2.05, 4.69) is 23.5 Å². The van der Waals surface area contributed by atoms with E-state index >= 15 is 0 Å². The second-order valence-corrected chi connectivity index (χ2v) is 6.51. The number of methoxy groups -OCH3 is 1. The number of ether oxygens (including phenoxy) is 1. The van der Waals surface area contributed by atoms with E-state index in [9.17, 15) is 8.42 Å². The predicted molar refractivity (Wildman–Crippen MR) is 92.4 cm³/mol. The van der Waals surface area contributed by atoms with E-state index < -0.39 is 10.0 Å². The molecule has 1 aromatic rings. The molecule has 0 saturated carbocycles. The number of sulfonamides is 1. The van der Waals surface area contributed by atoms with Crippen LogP contribution in [-0.4, -0.2) is 41.8 Å². The third kappa shape index (κ3) is 5.67. The molecule has 0 aliphatic carbocycles. The minimum absolute atomic E-state index is 0.124. The highest BCUT2D eigenvalue weighted by molar-refractivity contribution is 7.93. The Morgan fingerprint density at radius 1 is 1.30 bits per heavy atom. The first-order chi connectivity index (χ1) is 11.0. The fourth-order valence-electron chi connectivity index (χ4n) is 2.05. The summed E-state index contributed by atoms with van der Waals surface area (Å²) in [5.74, 6) is 0. The lowest BCUT2D eigenvalue weighted by molar-refractivity contribution is 0.204. The number of rotatable bonds is 9. The lowest BCUT2D eigenvalue weighted by Gasteiger charge is -2.20. The second kappa shape index (κ2) is 9.30. The van der Waals surface area contributed by atoms with E-state index in [1.165, 1.54) is 13.2 Å². The maximum atomic E-state index is 12.0. The van der Waals surface area contributed by atoms with Gasteiger partial charge < -0.3 is 9.64 Å². The third-order valence-electron chi connectivity index (χ3n) is 3.32. The van der Waals surface area contributed by atoms with Gasteiger partial charge in [-0.2, -0.15) is 5.26 Å². The van der Waals surface area contributed by atoms with Crippen LogP contribution in [0.3, 0.4) is 0 Å². The van der Waals surface area contributed by atoms with Gasteiger partial charge in [0, 0.05) is 32.4 Å². The summed E-state index contributed by atoms with van der Waals surface area (Å²) >= 11 is 0. The van der Waals surface area contributed by atoms with Crippen molar-refractivity contribution < 1.29 is 13.2 Å². The molecule has 1 rings (SSSR count). The lowest BCUT2D eigenvalue weighted by atomic mass is 10.2. The summed E-state index contributed by atoms with van der Waals surface area (Å²) in [6.07, 6.45) is 1.36. The van der Waals surface area contributed by atoms with Crippen molar-refractivity contribution in [3.05, 3.63) is 34.7 Å². The Labute approximate surface area is 138 Å². The molecule has 0 radical (unpaired) electrons. The maximum absolute atomic E-state index is 12.0. The maximum Gasteiger partial charge on any atom is 0.250 e. The zero-order valence-electron chi connectivity index (χ0n) is 13.7. The van der Waals surface area contributed by atoms with Gasteiger partial charge in [-0.3, -0.25) is 0 Å². The molecule has 0 fully saturated rings. The molecule has 0 aliphatic rings. The molecule has 0 unspecified atom stereocenters. The third-order valence-corrected chi connectivity index (χ3v) is 4.69. The Morgan fingerprint density at radius 3 is 2.39 bits per heavy atom. The van der Waals surface area contributed by atoms with Gasteiger partial charge in [-0.05, 0) is 37.6 Å². The fraction of sp³-hybridized carbons (Fsp3) is 0.438. The molecule has 0 aromatic heterocycles. The van der Waals surface area contributed by atoms with Gasteiger partial charge in [-0.1, -0.05) is 12.1 Å². The second-order valence-electron chi connectivity index (χ2n) is 4.77. The van der Waals surface area contributed by atoms with E-state index in [0.29, 0.717) is 5.56 Å². The molecule has 1 aromatic carbocycles. The van der Waals surface area contributed by atoms with Crippen molar-refractivity contribution in [1.29, 1.82) is 5.26 Å². The van der Waals surface area contributed by atoms with Crippen LogP contribution in [0.25, 0.3) is 6.08 Å². The van der Waals surface area contributed by atoms with E-state index in [1.54, 1.807) is 18.2 Å². The van der Waals surface area contributed by atoms with Gasteiger partial charge >= 0.3 is 0 Å². The average Bonchev–Trinajstić information content (AvgIpc) is 2.55. The first-order valence-corrected chi connectivity index (χ1v) is 8.92. The van der Waals surface area contributed by atoms with Crippen molar-refractivity contribution in [1.82, 2.24) is 4.72 Å². The predicted octanol–water partition coefficient (Wildman–Crippen LogP) is 1.96. The zero-order valence-corrected chi connectivity index (χ0v) is 14.6. The van der Waals surface area contributed by atoms with Crippen molar-refractivity contribution in [3.63, 3.8) is 0 Å². The molecule has 0 atom stereocenters. The van der Waals surface area contributed by atoms with Gasteiger partial charge in [0.1, 0.15) is 6.07 Å². The molecule has 0 spiro atoms. The van der Waals surface area contributed by atoms with Gasteiger partial charge in [0.15, 0.2) is 4.91 Å². The summed E-state index contributed by atoms with van der Waals surface area (Å²) < 4.78 is 31.2. The van der Waals surface area contributed by atoms with Crippen molar-refractivity contribution >= 4 is 21.8 Å². The zero-order chi connectivity index (χ0) is 17.3. The molecule has 0 saturated heterocycles. The van der Waals surface area contributed by atoms with Crippen LogP contribution in [0.1, 0.15) is 19.4 Å². The number of anilines is 1. The van der Waals surface area contributed by atoms with E-state index in [4.69, 9.17) is 10.00 Å². The van der Waals surface area contributed by atoms with Gasteiger partial charge in [0.05, 0.1) is 6.61 Å². The number of hydrogen-bond acceptors (Lipinski definition) is 5. The first-order valence-electron chi connectivity index (χ1n) is 7.43. The molecule has 0 amide bonds. The normalized spacial score (nSPS) is 12.0. The number of nitriles is 1. The Balaban J connectivity index is 2.96. The van der Waals surface area contributed by atoms with Crippen LogP contribution in [0.2, 0.25) is 0 Å². The van der Waals surface area contributed by atoms with Crippen LogP contribution >= 0.6 is 0 Å². The number of nitrogens with one attached hydrogen (secondary N) is 1. The van der Waals surface area contributed by atoms with Gasteiger partial charge in [0.2, 0.25) is 0 Å². The van der Waals surface area contributed by atoms with Crippen LogP contribution in [0.5, 0.6) is 0 Å². The number of allylic oxidation sites excluding steroid dienone is 1. The van der Waals surface area contributed by atoms with Crippen LogP contribution in [0.4, 0.5) is 5.69 Å². The monoisotopic (exact) mass is 337 g/mol. The fourth-order valence-corrected chi connectivity index (χ4v) is 2.97. The minimum atomic E-state index is -3.82. The Hall–Kier alpha value is -1.88. The Kier molecular flexibility index (Phi) is 7.75. The van der Waals surface area contributed by atoms with E-state index in [0.717, 1.165) is 18.8 Å². The summed E-state index contributed by atoms with van der Waals surface area (Å²) in [7, 11) is -2.34. The van der Waals surface area contributed by atoms with Crippen molar-refractivity contribution in [2.24, 2.45) is 0 Å². The van der Waals surface area contributed by atoms with E-state index in [-0.39, 0.29) is 18.1 Å². The largest absolute Gasteiger partial charge is 0.383 e. The molecule has 0 heterocycles. The molecule has 23 heavy (non-hydrogen) atoms. The number of hydrogen-bond donors (Lipinski definition) is 1. The highest BCUT2D eigenvalue weighted by atomic mass is 32.2. The quantitative estimate of drug-likeness (QED) is 0.550. The Bertz CT molecular complexity index is 657. The van der Waals surface area contributed by atoms with Gasteiger partial charge in [-0.15, -0.1) is 0 Å². The highest BCUT2D eigenvalue weighted by Gasteiger charge is 2.16. The van der Waals surface area contributed by atoms with Gasteiger partial charge in [0.25, 0.3) is 10.0 Å². The standard InChI is InChI=1S/C16H23N3O3S/c1-4-19(5-2)15-8-6-14(7-9-15)12-16(13-17)23(20,21)18-10-11-22-3/h6-9,12,18H,4-5,10-11H2,1-3H3/b16-12+. The van der Waals surface area contributed by atoms with E-state index in [1.807, 2.05) is 12.1 Å². The number of nitrogens with zero attached hydrogens (tertiary/aromatic N) is 2. The van der Waals surface area contributed by atoms with Crippen molar-refractivity contribution in [2.75, 3.05) is 38.3 Å². The van der Waals surface area contributed by atoms with Crippen LogP contribution in [0, 0.1) is 11.3 Å². The molecule has 6 nitrogen and oxygen atoms in total. The molecule has 7 heteroatoms. The molecule has 1 N–H and O–H groups in total. The summed E-state index contributed by atoms with van der Waals surface area (Å²) in [5, 5.41) is 9.12. The van der Waals surface area contributed by atoms with Crippen LogP contribution < -0.4 is 9.62 Å². The number of benzene rings is 1. The average molecular weight is 337 g/mol. The summed E-state index contributed by atoms with van der Waals surface area (Å²) in [4.78, 5) is 1.87. The summed E-state index contributed by atoms with van der Waals surface area (Å²) in [6, 6.07) is 9.17. The lowest BCUT2D eigenvalue weighted by Crippen LogP contribution is -2.27. The Morgan fingerprint density at radius 2 is 1.91 bits per heavy atom. The summed E-state index contributed by atoms with van der Waals surface area (Å²) in [5.41, 5.74) is 1.72. The molecular weight excluding hydrogens is 314 g/mol. The first kappa shape index (κ1) is 19.2. The van der Waals surface area contributed by atoms with Crippen LogP contribution in [-0.2, 0) is 14.8 Å². The summed E-state index contributed by atoms with van der Waals surface area (Å²) in [6.45, 7) is 6.31. The van der Waals surface area contributed by atoms with Crippen molar-refractivity contribution in [2.45, 2.75) is 13.8 Å². The molecule has 0 aliphatic heterocycles. The SMILES string of the molecule is CCN(CC)c1ccc(/C=C(\C#N)S(=O)(=O)NCCOC)cc1. The van der Waals surface area contributed by atoms with Crippen molar-refractivity contribution in [3.8, 4) is 6.07 Å².